The van der Waals surface area contributed by atoms with Crippen LogP contribution in [0, 0.1) is 92.7 Å². The van der Waals surface area contributed by atoms with Crippen LogP contribution in [0.4, 0.5) is 43.9 Å². The van der Waals surface area contributed by atoms with E-state index in [1.807, 2.05) is 13.8 Å². The van der Waals surface area contributed by atoms with Gasteiger partial charge in [0.05, 0.1) is 73.2 Å². The van der Waals surface area contributed by atoms with E-state index in [-0.39, 0.29) is 123 Å². The summed E-state index contributed by atoms with van der Waals surface area (Å²) < 4.78 is 215. The van der Waals surface area contributed by atoms with Gasteiger partial charge in [0, 0.05) is 41.0 Å². The number of ether oxygens (including phenoxy) is 11. The van der Waals surface area contributed by atoms with Crippen LogP contribution in [0.1, 0.15) is 207 Å². The van der Waals surface area contributed by atoms with Gasteiger partial charge in [-0.2, -0.15) is 65.6 Å². The zero-order chi connectivity index (χ0) is 83.8. The van der Waals surface area contributed by atoms with E-state index in [1.54, 1.807) is 21.3 Å². The van der Waals surface area contributed by atoms with Crippen molar-refractivity contribution in [1.29, 1.82) is 0 Å². The summed E-state index contributed by atoms with van der Waals surface area (Å²) in [6.45, 7) is 6.93. The summed E-state index contributed by atoms with van der Waals surface area (Å²) in [6.07, 6.45) is 29.6. The van der Waals surface area contributed by atoms with Crippen LogP contribution in [-0.4, -0.2) is 167 Å². The molecule has 26 nitrogen and oxygen atoms in total. The molecule has 20 aliphatic rings. The molecule has 0 aromatic rings. The molecule has 0 amide bonds. The molecule has 20 fully saturated rings. The molecule has 20 rings (SSSR count). The molecule has 12 atom stereocenters. The Kier molecular flexibility index (Phi) is 33.8. The van der Waals surface area contributed by atoms with Crippen molar-refractivity contribution >= 4 is 60.2 Å². The van der Waals surface area contributed by atoms with E-state index in [0.29, 0.717) is 117 Å². The van der Waals surface area contributed by atoms with Gasteiger partial charge < -0.3 is 78.4 Å². The fourth-order valence-corrected chi connectivity index (χ4v) is 28.4. The Balaban J connectivity index is 0.000000143. The largest absolute Gasteiger partial charge is 0.691 e. The Morgan fingerprint density at radius 3 is 1.08 bits per heavy atom. The van der Waals surface area contributed by atoms with Crippen molar-refractivity contribution in [1.82, 2.24) is 0 Å². The van der Waals surface area contributed by atoms with Crippen molar-refractivity contribution in [3.05, 3.63) is 0 Å². The SMILES string of the molecule is CC(C)OC12CC3CC(CC(COCC(F)(F)SOO[O-])(C3)C1)C2.CCOC12CC3CC(CC(COCC(F)(F)SOO[O-])(C3)C1)C2.CCOC12CC3CC(COCC(F)(F)SOO[O-])(CC(OC)(C3)C1)C2.COC12CC3CC(C1)C(COCC(F)(F)SOO[O-])C(C3)C2.COC1C2CC3CC1CC(COCC(F)(F)SOO[O-])(C3)C2. The first kappa shape index (κ1) is 96.6. The van der Waals surface area contributed by atoms with E-state index in [4.69, 9.17) is 52.1 Å². The maximum absolute atomic E-state index is 13.6. The van der Waals surface area contributed by atoms with Gasteiger partial charge in [0.25, 0.3) is 0 Å². The minimum Gasteiger partial charge on any atom is -0.691 e. The average Bonchev–Trinajstić information content (AvgIpc) is 0.704. The first-order chi connectivity index (χ1) is 54.9. The van der Waals surface area contributed by atoms with Crippen LogP contribution in [0.5, 0.6) is 0 Å². The third kappa shape index (κ3) is 25.3. The second-order valence-electron chi connectivity index (χ2n) is 37.4. The highest BCUT2D eigenvalue weighted by atomic mass is 32.2. The second kappa shape index (κ2) is 40.5. The molecule has 0 aromatic carbocycles. The predicted octanol–water partition coefficient (Wildman–Crippen LogP) is 13.3. The predicted molar refractivity (Wildman–Crippen MR) is 386 cm³/mol. The molecular formula is C75H115F10O26S5-5. The third-order valence-electron chi connectivity index (χ3n) is 27.8. The summed E-state index contributed by atoms with van der Waals surface area (Å²) in [5, 5.41) is 46.5. The Labute approximate surface area is 693 Å². The van der Waals surface area contributed by atoms with Gasteiger partial charge in [-0.1, -0.05) is 0 Å². The van der Waals surface area contributed by atoms with Crippen molar-refractivity contribution < 1.29 is 169 Å². The standard InChI is InChI=1S/C16H26F2O6S.C16H26F2O5S.C15H24F2O5S.2C14H22F2O5S/c1-3-22-15-6-12-4-13(8-15,7-14(5-12,9-15)20-2)10-21-11-16(17,18)25-24-23-19;1-11(2)21-15-6-12-3-13(7-15)5-14(4-12,8-15)9-20-10-16(17,18)24-23-22-19;1-2-20-14-6-11-3-12(7-14)5-13(4-11,8-14)9-19-10-15(16,17)23-22-21-18;1-18-12-10-2-9-3-11(12)6-13(4-9,5-10)7-19-8-14(15,16)22-21-20-17;1-18-13-4-9-2-10(5-13)12(11(3-9)6-13)7-19-8-14(15,16)22-21-20-17/h12,19H,3-11H2,1-2H3;11-13,19H,3-10H2,1-2H3;11-12,18H,2-10H2,1H3;2*9-12,17H,2-8H2,1H3/p-5. The molecule has 0 saturated heterocycles. The summed E-state index contributed by atoms with van der Waals surface area (Å²) >= 11 is -1.59. The van der Waals surface area contributed by atoms with Crippen LogP contribution in [-0.2, 0) is 99.0 Å². The molecule has 12 unspecified atom stereocenters. The molecule has 0 aliphatic heterocycles. The van der Waals surface area contributed by atoms with Gasteiger partial charge in [0.2, 0.25) is 0 Å². The molecular weight excluding hydrogens is 1670 g/mol. The van der Waals surface area contributed by atoms with E-state index in [0.717, 1.165) is 154 Å². The lowest BCUT2D eigenvalue weighted by Gasteiger charge is -2.65. The summed E-state index contributed by atoms with van der Waals surface area (Å²) in [6, 6.07) is 0. The van der Waals surface area contributed by atoms with Crippen molar-refractivity contribution in [3.8, 4) is 0 Å². The Morgan fingerprint density at radius 2 is 0.664 bits per heavy atom. The van der Waals surface area contributed by atoms with Crippen molar-refractivity contribution in [2.75, 3.05) is 101 Å². The first-order valence-corrected chi connectivity index (χ1v) is 44.2. The van der Waals surface area contributed by atoms with E-state index >= 15 is 0 Å². The second-order valence-corrected chi connectivity index (χ2v) is 41.9. The van der Waals surface area contributed by atoms with Crippen molar-refractivity contribution in [2.24, 2.45) is 92.7 Å². The lowest BCUT2D eigenvalue weighted by molar-refractivity contribution is -0.777. The fourth-order valence-electron chi connectivity index (χ4n) is 27.1. The average molecular weight is 1780 g/mol. The highest BCUT2D eigenvalue weighted by Gasteiger charge is 2.66. The fraction of sp³-hybridized carbons (Fsp3) is 1.00. The van der Waals surface area contributed by atoms with E-state index in [2.05, 4.69) is 60.7 Å². The molecule has 41 heteroatoms. The summed E-state index contributed by atoms with van der Waals surface area (Å²) in [7, 11) is 5.28. The number of hydrogen-bond donors (Lipinski definition) is 0. The molecule has 0 spiro atoms. The highest BCUT2D eigenvalue weighted by Crippen LogP contribution is 2.68. The Hall–Kier alpha value is 0.01000. The molecule has 0 N–H and O–H groups in total. The van der Waals surface area contributed by atoms with Gasteiger partial charge in [-0.25, -0.2) is 0 Å². The maximum atomic E-state index is 13.6. The van der Waals surface area contributed by atoms with E-state index in [1.165, 1.54) is 25.7 Å². The molecule has 20 aliphatic carbocycles. The van der Waals surface area contributed by atoms with Gasteiger partial charge in [0.1, 0.15) is 93.2 Å². The number of hydrogen-bond acceptors (Lipinski definition) is 31. The number of alkyl halides is 10. The monoisotopic (exact) mass is 1780 g/mol. The Bertz CT molecular complexity index is 2970. The van der Waals surface area contributed by atoms with Gasteiger partial charge in [-0.05, 0) is 294 Å². The zero-order valence-electron chi connectivity index (χ0n) is 66.8. The smallest absolute Gasteiger partial charge is 0.343 e. The maximum Gasteiger partial charge on any atom is 0.343 e. The normalized spacial score (nSPS) is 39.6. The first-order valence-electron chi connectivity index (χ1n) is 40.5. The zero-order valence-corrected chi connectivity index (χ0v) is 70.9. The Morgan fingerprint density at radius 1 is 0.336 bits per heavy atom. The van der Waals surface area contributed by atoms with Crippen LogP contribution < -0.4 is 26.3 Å². The summed E-state index contributed by atoms with van der Waals surface area (Å²) in [5.41, 5.74) is -0.919. The molecule has 0 aromatic heterocycles. The van der Waals surface area contributed by atoms with E-state index < -0.39 is 59.3 Å². The van der Waals surface area contributed by atoms with Crippen LogP contribution in [0.25, 0.3) is 0 Å². The number of halogens is 10. The van der Waals surface area contributed by atoms with Crippen LogP contribution in [0.2, 0.25) is 0 Å². The quantitative estimate of drug-likeness (QED) is 0.0237. The highest BCUT2D eigenvalue weighted by molar-refractivity contribution is 7.96. The molecule has 0 heterocycles. The summed E-state index contributed by atoms with van der Waals surface area (Å²) in [5.74, 6) is 6.75. The summed E-state index contributed by atoms with van der Waals surface area (Å²) in [4.78, 5) is 0. The topological polar surface area (TPSA) is 309 Å². The number of methoxy groups -OCH3 is 3. The lowest BCUT2D eigenvalue weighted by atomic mass is 9.46. The van der Waals surface area contributed by atoms with Gasteiger partial charge in [-0.15, -0.1) is 0 Å². The molecule has 0 radical (unpaired) electrons. The van der Waals surface area contributed by atoms with Crippen LogP contribution in [0.3, 0.4) is 0 Å². The van der Waals surface area contributed by atoms with Crippen molar-refractivity contribution in [3.63, 3.8) is 0 Å². The van der Waals surface area contributed by atoms with Crippen LogP contribution in [0.15, 0.2) is 0 Å². The van der Waals surface area contributed by atoms with Crippen LogP contribution >= 0.6 is 60.2 Å². The molecule has 116 heavy (non-hydrogen) atoms. The van der Waals surface area contributed by atoms with Gasteiger partial charge >= 0.3 is 26.3 Å². The third-order valence-corrected chi connectivity index (χ3v) is 30.2. The van der Waals surface area contributed by atoms with Gasteiger partial charge in [-0.3, -0.25) is 25.2 Å². The van der Waals surface area contributed by atoms with Crippen molar-refractivity contribution in [2.45, 2.75) is 274 Å². The molecule has 20 bridgehead atoms. The minimum absolute atomic E-state index is 0.0160. The number of rotatable bonds is 44. The molecule has 20 saturated carbocycles. The molecule has 676 valence electrons. The van der Waals surface area contributed by atoms with E-state index in [9.17, 15) is 70.2 Å². The lowest BCUT2D eigenvalue weighted by Crippen LogP contribution is -2.65. The minimum atomic E-state index is -3.34. The van der Waals surface area contributed by atoms with Gasteiger partial charge in [0.15, 0.2) is 0 Å².